The van der Waals surface area contributed by atoms with Crippen molar-refractivity contribution in [2.45, 2.75) is 43.6 Å². The lowest BCUT2D eigenvalue weighted by Gasteiger charge is -2.45. The average Bonchev–Trinajstić information content (AvgIpc) is 3.05. The Morgan fingerprint density at radius 2 is 2.22 bits per heavy atom. The fourth-order valence-electron chi connectivity index (χ4n) is 5.13. The van der Waals surface area contributed by atoms with Crippen molar-refractivity contribution in [2.24, 2.45) is 11.8 Å². The van der Waals surface area contributed by atoms with Crippen LogP contribution in [0, 0.1) is 11.8 Å². The first kappa shape index (κ1) is 13.7. The molecule has 2 heteroatoms. The minimum atomic E-state index is 0.257. The molecule has 4 fully saturated rings. The molecule has 2 aromatic rings. The molecule has 2 saturated carbocycles. The third-order valence-electron chi connectivity index (χ3n) is 6.68. The molecular weight excluding hydrogens is 280 g/mol. The molecule has 2 nitrogen and oxygen atoms in total. The number of pyridine rings is 1. The van der Waals surface area contributed by atoms with E-state index in [2.05, 4.69) is 47.2 Å². The van der Waals surface area contributed by atoms with Gasteiger partial charge in [0.2, 0.25) is 0 Å². The van der Waals surface area contributed by atoms with Crippen LogP contribution in [-0.4, -0.2) is 17.1 Å². The first-order chi connectivity index (χ1) is 11.3. The van der Waals surface area contributed by atoms with Crippen LogP contribution in [-0.2, 0) is 6.42 Å². The molecule has 2 saturated heterocycles. The van der Waals surface area contributed by atoms with Crippen molar-refractivity contribution in [2.75, 3.05) is 6.54 Å². The van der Waals surface area contributed by atoms with Crippen molar-refractivity contribution in [1.29, 1.82) is 0 Å². The van der Waals surface area contributed by atoms with Crippen LogP contribution in [0.25, 0.3) is 10.9 Å². The second kappa shape index (κ2) is 4.91. The lowest BCUT2D eigenvalue weighted by atomic mass is 9.61. The van der Waals surface area contributed by atoms with Crippen LogP contribution in [0.5, 0.6) is 0 Å². The molecular formula is C21H24N2. The van der Waals surface area contributed by atoms with Crippen molar-refractivity contribution in [3.05, 3.63) is 54.2 Å². The van der Waals surface area contributed by atoms with Gasteiger partial charge in [-0.3, -0.25) is 4.98 Å². The summed E-state index contributed by atoms with van der Waals surface area (Å²) in [6.45, 7) is 5.24. The quantitative estimate of drug-likeness (QED) is 0.856. The molecule has 2 bridgehead atoms. The van der Waals surface area contributed by atoms with Crippen LogP contribution >= 0.6 is 0 Å². The van der Waals surface area contributed by atoms with Gasteiger partial charge in [-0.2, -0.15) is 0 Å². The van der Waals surface area contributed by atoms with Gasteiger partial charge in [-0.15, -0.1) is 6.58 Å². The summed E-state index contributed by atoms with van der Waals surface area (Å²) in [5.41, 5.74) is 4.37. The predicted octanol–water partition coefficient (Wildman–Crippen LogP) is 4.21. The van der Waals surface area contributed by atoms with E-state index in [0.29, 0.717) is 5.92 Å². The van der Waals surface area contributed by atoms with E-state index in [9.17, 15) is 0 Å². The number of hydrogen-bond acceptors (Lipinski definition) is 2. The highest BCUT2D eigenvalue weighted by Gasteiger charge is 2.57. The standard InChI is InChI=1S/C21H24N2/c1-2-19-17-12-21(19,23-13-17)11-16-8-9-22-20-7-6-15(10-18(16)20)14-4-3-5-14/h2,6-10,14,17,19,23H,1,3-5,11-13H2. The van der Waals surface area contributed by atoms with E-state index in [1.165, 1.54) is 42.2 Å². The molecule has 3 heterocycles. The molecule has 2 aliphatic heterocycles. The summed E-state index contributed by atoms with van der Waals surface area (Å²) in [6, 6.07) is 9.17. The molecule has 1 N–H and O–H groups in total. The minimum absolute atomic E-state index is 0.257. The first-order valence-corrected chi connectivity index (χ1v) is 9.04. The van der Waals surface area contributed by atoms with Crippen LogP contribution in [0.4, 0.5) is 0 Å². The van der Waals surface area contributed by atoms with Gasteiger partial charge in [0.1, 0.15) is 0 Å². The smallest absolute Gasteiger partial charge is 0.0704 e. The number of fused-ring (bicyclic) bond motifs is 2. The largest absolute Gasteiger partial charge is 0.310 e. The van der Waals surface area contributed by atoms with Gasteiger partial charge in [0.15, 0.2) is 0 Å². The van der Waals surface area contributed by atoms with Gasteiger partial charge in [-0.25, -0.2) is 0 Å². The highest BCUT2D eigenvalue weighted by molar-refractivity contribution is 5.83. The summed E-state index contributed by atoms with van der Waals surface area (Å²) in [5.74, 6) is 2.23. The maximum absolute atomic E-state index is 4.59. The Hall–Kier alpha value is -1.67. The van der Waals surface area contributed by atoms with E-state index in [1.807, 2.05) is 6.20 Å². The van der Waals surface area contributed by atoms with Crippen molar-refractivity contribution in [3.63, 3.8) is 0 Å². The average molecular weight is 304 g/mol. The molecule has 1 aromatic carbocycles. The third-order valence-corrected chi connectivity index (χ3v) is 6.68. The maximum atomic E-state index is 4.59. The number of aromatic nitrogens is 1. The Labute approximate surface area is 138 Å². The summed E-state index contributed by atoms with van der Waals surface area (Å²) < 4.78 is 0. The SMILES string of the molecule is C=CC1C2CNC1(Cc1ccnc3ccc(C4CCC4)cc13)C2. The maximum Gasteiger partial charge on any atom is 0.0704 e. The van der Waals surface area contributed by atoms with E-state index in [0.717, 1.165) is 30.3 Å². The van der Waals surface area contributed by atoms with Crippen molar-refractivity contribution < 1.29 is 0 Å². The predicted molar refractivity (Wildman–Crippen MR) is 94.6 cm³/mol. The summed E-state index contributed by atoms with van der Waals surface area (Å²) in [4.78, 5) is 4.59. The number of nitrogens with zero attached hydrogens (tertiary/aromatic N) is 1. The topological polar surface area (TPSA) is 24.9 Å². The van der Waals surface area contributed by atoms with E-state index >= 15 is 0 Å². The monoisotopic (exact) mass is 304 g/mol. The van der Waals surface area contributed by atoms with E-state index in [4.69, 9.17) is 0 Å². The van der Waals surface area contributed by atoms with Crippen LogP contribution in [0.1, 0.15) is 42.7 Å². The van der Waals surface area contributed by atoms with Gasteiger partial charge in [0.25, 0.3) is 0 Å². The highest BCUT2D eigenvalue weighted by atomic mass is 15.1. The zero-order valence-corrected chi connectivity index (χ0v) is 13.6. The summed E-state index contributed by atoms with van der Waals surface area (Å²) in [5, 5.41) is 5.16. The summed E-state index contributed by atoms with van der Waals surface area (Å²) >= 11 is 0. The van der Waals surface area contributed by atoms with Gasteiger partial charge in [0.05, 0.1) is 5.52 Å². The van der Waals surface area contributed by atoms with Gasteiger partial charge in [-0.05, 0) is 79.3 Å². The first-order valence-electron chi connectivity index (χ1n) is 9.04. The molecule has 3 unspecified atom stereocenters. The van der Waals surface area contributed by atoms with Crippen LogP contribution in [0.15, 0.2) is 43.1 Å². The fourth-order valence-corrected chi connectivity index (χ4v) is 5.13. The van der Waals surface area contributed by atoms with Crippen molar-refractivity contribution in [1.82, 2.24) is 10.3 Å². The van der Waals surface area contributed by atoms with Gasteiger partial charge >= 0.3 is 0 Å². The van der Waals surface area contributed by atoms with Crippen molar-refractivity contribution in [3.8, 4) is 0 Å². The molecule has 23 heavy (non-hydrogen) atoms. The molecule has 0 amide bonds. The lowest BCUT2D eigenvalue weighted by Crippen LogP contribution is -2.53. The highest BCUT2D eigenvalue weighted by Crippen LogP contribution is 2.52. The van der Waals surface area contributed by atoms with Gasteiger partial charge < -0.3 is 5.32 Å². The molecule has 4 aliphatic rings. The van der Waals surface area contributed by atoms with Gasteiger partial charge in [0, 0.05) is 17.1 Å². The Kier molecular flexibility index (Phi) is 2.93. The Morgan fingerprint density at radius 1 is 1.30 bits per heavy atom. The Bertz CT molecular complexity index is 773. The summed E-state index contributed by atoms with van der Waals surface area (Å²) in [6.07, 6.45) is 10.7. The van der Waals surface area contributed by atoms with Crippen molar-refractivity contribution >= 4 is 10.9 Å². The van der Waals surface area contributed by atoms with Gasteiger partial charge in [-0.1, -0.05) is 18.6 Å². The molecule has 1 aromatic heterocycles. The number of hydrogen-bond donors (Lipinski definition) is 1. The normalized spacial score (nSPS) is 32.5. The molecule has 118 valence electrons. The summed E-state index contributed by atoms with van der Waals surface area (Å²) in [7, 11) is 0. The third kappa shape index (κ3) is 1.94. The van der Waals surface area contributed by atoms with Crippen LogP contribution in [0.2, 0.25) is 0 Å². The molecule has 0 radical (unpaired) electrons. The molecule has 3 atom stereocenters. The Morgan fingerprint density at radius 3 is 2.96 bits per heavy atom. The van der Waals surface area contributed by atoms with E-state index in [-0.39, 0.29) is 5.54 Å². The van der Waals surface area contributed by atoms with E-state index in [1.54, 1.807) is 0 Å². The lowest BCUT2D eigenvalue weighted by molar-refractivity contribution is 0.147. The zero-order chi connectivity index (χ0) is 15.4. The second-order valence-electron chi connectivity index (χ2n) is 7.81. The van der Waals surface area contributed by atoms with Crippen LogP contribution in [0.3, 0.4) is 0 Å². The van der Waals surface area contributed by atoms with Crippen LogP contribution < -0.4 is 5.32 Å². The second-order valence-corrected chi connectivity index (χ2v) is 7.81. The number of benzene rings is 1. The number of rotatable bonds is 4. The zero-order valence-electron chi connectivity index (χ0n) is 13.6. The molecule has 2 aliphatic carbocycles. The number of nitrogens with one attached hydrogen (secondary N) is 1. The minimum Gasteiger partial charge on any atom is -0.310 e. The van der Waals surface area contributed by atoms with E-state index < -0.39 is 0 Å². The fraction of sp³-hybridized carbons (Fsp3) is 0.476. The molecule has 0 spiro atoms. The Balaban J connectivity index is 1.54. The molecule has 6 rings (SSSR count).